The summed E-state index contributed by atoms with van der Waals surface area (Å²) in [5.41, 5.74) is 0.769. The molecule has 0 spiro atoms. The van der Waals surface area contributed by atoms with Crippen LogP contribution in [0.1, 0.15) is 25.8 Å². The van der Waals surface area contributed by atoms with E-state index in [-0.39, 0.29) is 11.8 Å². The lowest BCUT2D eigenvalue weighted by Gasteiger charge is -2.22. The first-order chi connectivity index (χ1) is 7.80. The highest BCUT2D eigenvalue weighted by molar-refractivity contribution is 9.10. The lowest BCUT2D eigenvalue weighted by atomic mass is 9.91. The van der Waals surface area contributed by atoms with Crippen LogP contribution in [0.4, 0.5) is 0 Å². The number of aliphatic carboxylic acids is 1. The van der Waals surface area contributed by atoms with Crippen LogP contribution in [0.2, 0.25) is 0 Å². The van der Waals surface area contributed by atoms with Crippen molar-refractivity contribution < 1.29 is 14.6 Å². The number of rotatable bonds is 5. The zero-order valence-corrected chi connectivity index (χ0v) is 11.9. The highest BCUT2D eigenvalue weighted by Gasteiger charge is 2.22. The molecule has 94 valence electrons. The first-order valence-electron chi connectivity index (χ1n) is 5.41. The van der Waals surface area contributed by atoms with Crippen LogP contribution in [-0.4, -0.2) is 17.7 Å². The first-order valence-corrected chi connectivity index (χ1v) is 6.20. The van der Waals surface area contributed by atoms with E-state index in [9.17, 15) is 4.79 Å². The summed E-state index contributed by atoms with van der Waals surface area (Å²) in [5.74, 6) is -0.0513. The molecule has 0 saturated carbocycles. The average Bonchev–Trinajstić information content (AvgIpc) is 2.18. The number of hydrogen-bond donors (Lipinski definition) is 1. The lowest BCUT2D eigenvalue weighted by Crippen LogP contribution is -2.24. The molecule has 0 aliphatic heterocycles. The Labute approximate surface area is 110 Å². The third kappa shape index (κ3) is 4.77. The summed E-state index contributed by atoms with van der Waals surface area (Å²) in [5, 5.41) is 8.76. The molecule has 0 radical (unpaired) electrons. The van der Waals surface area contributed by atoms with Crippen LogP contribution in [0.15, 0.2) is 22.7 Å². The summed E-state index contributed by atoms with van der Waals surface area (Å²) in [6.07, 6.45) is 0.0973. The predicted octanol–water partition coefficient (Wildman–Crippen LogP) is 3.64. The molecule has 3 nitrogen and oxygen atoms in total. The van der Waals surface area contributed by atoms with Crippen molar-refractivity contribution in [3.63, 3.8) is 0 Å². The Balaban J connectivity index is 2.60. The highest BCUT2D eigenvalue weighted by Crippen LogP contribution is 2.25. The van der Waals surface area contributed by atoms with Crippen LogP contribution < -0.4 is 4.74 Å². The summed E-state index contributed by atoms with van der Waals surface area (Å²) in [7, 11) is 0. The van der Waals surface area contributed by atoms with Crippen molar-refractivity contribution in [2.45, 2.75) is 27.2 Å². The van der Waals surface area contributed by atoms with E-state index < -0.39 is 5.97 Å². The van der Waals surface area contributed by atoms with E-state index in [1.807, 2.05) is 39.0 Å². The van der Waals surface area contributed by atoms with Crippen LogP contribution in [-0.2, 0) is 4.79 Å². The topological polar surface area (TPSA) is 46.5 Å². The van der Waals surface area contributed by atoms with Gasteiger partial charge >= 0.3 is 5.97 Å². The molecule has 0 fully saturated rings. The fraction of sp³-hybridized carbons (Fsp3) is 0.462. The van der Waals surface area contributed by atoms with Gasteiger partial charge in [0, 0.05) is 9.89 Å². The van der Waals surface area contributed by atoms with E-state index in [4.69, 9.17) is 9.84 Å². The van der Waals surface area contributed by atoms with Crippen molar-refractivity contribution in [3.05, 3.63) is 28.2 Å². The molecule has 0 amide bonds. The Bertz CT molecular complexity index is 413. The van der Waals surface area contributed by atoms with Gasteiger partial charge in [-0.1, -0.05) is 35.8 Å². The second-order valence-electron chi connectivity index (χ2n) is 4.93. The Hall–Kier alpha value is -1.03. The van der Waals surface area contributed by atoms with Crippen LogP contribution in [0.25, 0.3) is 0 Å². The molecule has 0 bridgehead atoms. The molecule has 1 N–H and O–H groups in total. The van der Waals surface area contributed by atoms with Crippen LogP contribution >= 0.6 is 15.9 Å². The molecule has 1 aromatic rings. The third-order valence-electron chi connectivity index (χ3n) is 2.40. The van der Waals surface area contributed by atoms with Gasteiger partial charge < -0.3 is 9.84 Å². The van der Waals surface area contributed by atoms with Crippen molar-refractivity contribution >= 4 is 21.9 Å². The number of ether oxygens (including phenoxy) is 1. The highest BCUT2D eigenvalue weighted by atomic mass is 79.9. The molecule has 0 atom stereocenters. The predicted molar refractivity (Wildman–Crippen MR) is 70.4 cm³/mol. The van der Waals surface area contributed by atoms with Gasteiger partial charge in [-0.05, 0) is 24.6 Å². The van der Waals surface area contributed by atoms with Crippen molar-refractivity contribution in [1.82, 2.24) is 0 Å². The van der Waals surface area contributed by atoms with Crippen molar-refractivity contribution in [2.75, 3.05) is 6.61 Å². The van der Waals surface area contributed by atoms with Crippen LogP contribution in [0.3, 0.4) is 0 Å². The standard InChI is InChI=1S/C13H17BrO3/c1-9-4-5-10(6-11(9)14)17-8-13(2,3)7-12(15)16/h4-6H,7-8H2,1-3H3,(H,15,16). The minimum Gasteiger partial charge on any atom is -0.493 e. The van der Waals surface area contributed by atoms with Gasteiger partial charge in [0.05, 0.1) is 13.0 Å². The van der Waals surface area contributed by atoms with Gasteiger partial charge in [-0.2, -0.15) is 0 Å². The van der Waals surface area contributed by atoms with E-state index in [0.717, 1.165) is 15.8 Å². The quantitative estimate of drug-likeness (QED) is 0.903. The summed E-state index contributed by atoms with van der Waals surface area (Å²) >= 11 is 3.43. The van der Waals surface area contributed by atoms with Crippen LogP contribution in [0, 0.1) is 12.3 Å². The third-order valence-corrected chi connectivity index (χ3v) is 3.26. The van der Waals surface area contributed by atoms with Gasteiger partial charge in [0.15, 0.2) is 0 Å². The Kier molecular flexibility index (Phi) is 4.57. The monoisotopic (exact) mass is 300 g/mol. The van der Waals surface area contributed by atoms with E-state index in [0.29, 0.717) is 6.61 Å². The van der Waals surface area contributed by atoms with E-state index in [1.165, 1.54) is 0 Å². The first kappa shape index (κ1) is 14.0. The van der Waals surface area contributed by atoms with E-state index in [1.54, 1.807) is 0 Å². The molecular formula is C13H17BrO3. The van der Waals surface area contributed by atoms with Crippen molar-refractivity contribution in [1.29, 1.82) is 0 Å². The maximum atomic E-state index is 10.7. The summed E-state index contributed by atoms with van der Waals surface area (Å²) < 4.78 is 6.61. The second-order valence-corrected chi connectivity index (χ2v) is 5.79. The number of halogens is 1. The summed E-state index contributed by atoms with van der Waals surface area (Å²) in [6.45, 7) is 6.14. The maximum absolute atomic E-state index is 10.7. The molecule has 17 heavy (non-hydrogen) atoms. The molecule has 0 unspecified atom stereocenters. The number of carboxylic acids is 1. The Morgan fingerprint density at radius 2 is 2.12 bits per heavy atom. The molecule has 0 heterocycles. The molecular weight excluding hydrogens is 284 g/mol. The fourth-order valence-corrected chi connectivity index (χ4v) is 1.76. The molecule has 0 aromatic heterocycles. The summed E-state index contributed by atoms with van der Waals surface area (Å²) in [6, 6.07) is 5.74. The SMILES string of the molecule is Cc1ccc(OCC(C)(C)CC(=O)O)cc1Br. The van der Waals surface area contributed by atoms with E-state index >= 15 is 0 Å². The number of carbonyl (C=O) groups is 1. The van der Waals surface area contributed by atoms with Gasteiger partial charge in [0.1, 0.15) is 5.75 Å². The van der Waals surface area contributed by atoms with Gasteiger partial charge in [-0.25, -0.2) is 0 Å². The minimum absolute atomic E-state index is 0.0973. The fourth-order valence-electron chi connectivity index (χ4n) is 1.40. The summed E-state index contributed by atoms with van der Waals surface area (Å²) in [4.78, 5) is 10.7. The smallest absolute Gasteiger partial charge is 0.304 e. The minimum atomic E-state index is -0.802. The second kappa shape index (κ2) is 5.54. The van der Waals surface area contributed by atoms with E-state index in [2.05, 4.69) is 15.9 Å². The molecule has 0 aliphatic carbocycles. The zero-order valence-electron chi connectivity index (χ0n) is 10.3. The van der Waals surface area contributed by atoms with Gasteiger partial charge in [0.2, 0.25) is 0 Å². The Morgan fingerprint density at radius 3 is 2.65 bits per heavy atom. The van der Waals surface area contributed by atoms with Gasteiger partial charge in [0.25, 0.3) is 0 Å². The molecule has 4 heteroatoms. The number of hydrogen-bond acceptors (Lipinski definition) is 2. The number of carboxylic acid groups (broad SMARTS) is 1. The van der Waals surface area contributed by atoms with Crippen LogP contribution in [0.5, 0.6) is 5.75 Å². The molecule has 0 aliphatic rings. The van der Waals surface area contributed by atoms with Gasteiger partial charge in [-0.3, -0.25) is 4.79 Å². The van der Waals surface area contributed by atoms with Gasteiger partial charge in [-0.15, -0.1) is 0 Å². The Morgan fingerprint density at radius 1 is 1.47 bits per heavy atom. The van der Waals surface area contributed by atoms with Crippen molar-refractivity contribution in [3.8, 4) is 5.75 Å². The number of benzene rings is 1. The molecule has 0 saturated heterocycles. The average molecular weight is 301 g/mol. The lowest BCUT2D eigenvalue weighted by molar-refractivity contribution is -0.139. The van der Waals surface area contributed by atoms with Crippen molar-refractivity contribution in [2.24, 2.45) is 5.41 Å². The number of aryl methyl sites for hydroxylation is 1. The largest absolute Gasteiger partial charge is 0.493 e. The zero-order chi connectivity index (χ0) is 13.1. The molecule has 1 aromatic carbocycles. The molecule has 1 rings (SSSR count). The normalized spacial score (nSPS) is 11.3. The maximum Gasteiger partial charge on any atom is 0.304 e.